The lowest BCUT2D eigenvalue weighted by molar-refractivity contribution is -0.134. The lowest BCUT2D eigenvalue weighted by Crippen LogP contribution is -1.95. The lowest BCUT2D eigenvalue weighted by atomic mass is 10.0. The van der Waals surface area contributed by atoms with Crippen LogP contribution in [-0.4, -0.2) is 28.3 Å². The Hall–Kier alpha value is -2.92. The standard InChI is InChI=1S/C18H17NO2.C2H4O2/c1-12(20)13-7-5-8-14(10-13)16-11-15-6-3-4-9-17(15)19-18(16)21-2;1-2(3)4/h3-12,20H,1-2H3;1H3,(H,3,4). The fourth-order valence-electron chi connectivity index (χ4n) is 2.43. The molecular formula is C20H21NO4. The van der Waals surface area contributed by atoms with Crippen molar-refractivity contribution in [3.63, 3.8) is 0 Å². The van der Waals surface area contributed by atoms with E-state index in [4.69, 9.17) is 14.6 Å². The molecule has 2 aromatic carbocycles. The highest BCUT2D eigenvalue weighted by Crippen LogP contribution is 2.32. The van der Waals surface area contributed by atoms with Crippen molar-refractivity contribution in [1.29, 1.82) is 0 Å². The minimum Gasteiger partial charge on any atom is -0.481 e. The molecule has 0 fully saturated rings. The summed E-state index contributed by atoms with van der Waals surface area (Å²) < 4.78 is 5.43. The van der Waals surface area contributed by atoms with Gasteiger partial charge in [0, 0.05) is 17.9 Å². The Morgan fingerprint density at radius 3 is 2.44 bits per heavy atom. The van der Waals surface area contributed by atoms with Gasteiger partial charge in [-0.3, -0.25) is 4.79 Å². The van der Waals surface area contributed by atoms with E-state index in [1.165, 1.54) is 0 Å². The largest absolute Gasteiger partial charge is 0.481 e. The molecule has 2 N–H and O–H groups in total. The number of pyridine rings is 1. The van der Waals surface area contributed by atoms with Crippen molar-refractivity contribution in [3.8, 4) is 17.0 Å². The molecule has 5 nitrogen and oxygen atoms in total. The van der Waals surface area contributed by atoms with Gasteiger partial charge in [-0.05, 0) is 36.2 Å². The highest BCUT2D eigenvalue weighted by Gasteiger charge is 2.11. The van der Waals surface area contributed by atoms with Gasteiger partial charge >= 0.3 is 0 Å². The Morgan fingerprint density at radius 2 is 1.80 bits per heavy atom. The predicted molar refractivity (Wildman–Crippen MR) is 97.7 cm³/mol. The molecule has 5 heteroatoms. The highest BCUT2D eigenvalue weighted by atomic mass is 16.5. The number of hydrogen-bond donors (Lipinski definition) is 2. The van der Waals surface area contributed by atoms with Crippen molar-refractivity contribution in [2.24, 2.45) is 0 Å². The molecule has 1 unspecified atom stereocenters. The van der Waals surface area contributed by atoms with E-state index in [2.05, 4.69) is 11.1 Å². The van der Waals surface area contributed by atoms with Crippen LogP contribution in [0, 0.1) is 0 Å². The number of carboxylic acids is 1. The third-order valence-electron chi connectivity index (χ3n) is 3.56. The summed E-state index contributed by atoms with van der Waals surface area (Å²) in [5.74, 6) is -0.239. The van der Waals surface area contributed by atoms with E-state index in [9.17, 15) is 5.11 Å². The van der Waals surface area contributed by atoms with Gasteiger partial charge < -0.3 is 14.9 Å². The van der Waals surface area contributed by atoms with Crippen LogP contribution in [0.1, 0.15) is 25.5 Å². The average molecular weight is 339 g/mol. The summed E-state index contributed by atoms with van der Waals surface area (Å²) in [5.41, 5.74) is 3.70. The highest BCUT2D eigenvalue weighted by molar-refractivity contribution is 5.86. The van der Waals surface area contributed by atoms with E-state index in [-0.39, 0.29) is 0 Å². The number of aromatic nitrogens is 1. The van der Waals surface area contributed by atoms with Crippen LogP contribution < -0.4 is 4.74 Å². The lowest BCUT2D eigenvalue weighted by Gasteiger charge is -2.12. The van der Waals surface area contributed by atoms with E-state index >= 15 is 0 Å². The normalized spacial score (nSPS) is 11.4. The van der Waals surface area contributed by atoms with Crippen molar-refractivity contribution in [2.45, 2.75) is 20.0 Å². The maximum atomic E-state index is 9.75. The van der Waals surface area contributed by atoms with Crippen LogP contribution in [0.15, 0.2) is 54.6 Å². The molecule has 0 aliphatic heterocycles. The first-order valence-electron chi connectivity index (χ1n) is 7.84. The maximum absolute atomic E-state index is 9.75. The number of hydrogen-bond acceptors (Lipinski definition) is 4. The van der Waals surface area contributed by atoms with E-state index in [1.54, 1.807) is 14.0 Å². The fourth-order valence-corrected chi connectivity index (χ4v) is 2.43. The van der Waals surface area contributed by atoms with Crippen LogP contribution in [0.3, 0.4) is 0 Å². The first kappa shape index (κ1) is 18.4. The second-order valence-corrected chi connectivity index (χ2v) is 5.56. The van der Waals surface area contributed by atoms with Crippen molar-refractivity contribution in [2.75, 3.05) is 7.11 Å². The summed E-state index contributed by atoms with van der Waals surface area (Å²) in [6.07, 6.45) is -0.496. The Morgan fingerprint density at radius 1 is 1.12 bits per heavy atom. The summed E-state index contributed by atoms with van der Waals surface area (Å²) >= 11 is 0. The topological polar surface area (TPSA) is 79.7 Å². The van der Waals surface area contributed by atoms with Crippen molar-refractivity contribution in [1.82, 2.24) is 4.98 Å². The van der Waals surface area contributed by atoms with Crippen LogP contribution in [0.25, 0.3) is 22.0 Å². The molecule has 0 bridgehead atoms. The molecule has 25 heavy (non-hydrogen) atoms. The number of carbonyl (C=O) groups is 1. The molecule has 3 rings (SSSR count). The number of methoxy groups -OCH3 is 1. The van der Waals surface area contributed by atoms with E-state index in [0.29, 0.717) is 5.88 Å². The zero-order valence-electron chi connectivity index (χ0n) is 14.4. The van der Waals surface area contributed by atoms with Crippen LogP contribution in [-0.2, 0) is 4.79 Å². The van der Waals surface area contributed by atoms with Crippen molar-refractivity contribution in [3.05, 3.63) is 60.2 Å². The number of benzene rings is 2. The van der Waals surface area contributed by atoms with Crippen LogP contribution in [0.4, 0.5) is 0 Å². The van der Waals surface area contributed by atoms with Crippen molar-refractivity contribution < 1.29 is 19.7 Å². The zero-order valence-corrected chi connectivity index (χ0v) is 14.4. The Bertz CT molecular complexity index is 870. The average Bonchev–Trinajstić information content (AvgIpc) is 2.60. The third-order valence-corrected chi connectivity index (χ3v) is 3.56. The Kier molecular flexibility index (Phi) is 6.08. The van der Waals surface area contributed by atoms with Gasteiger partial charge in [-0.1, -0.05) is 36.4 Å². The molecule has 0 saturated carbocycles. The molecular weight excluding hydrogens is 318 g/mol. The van der Waals surface area contributed by atoms with Crippen molar-refractivity contribution >= 4 is 16.9 Å². The van der Waals surface area contributed by atoms with Gasteiger partial charge in [-0.2, -0.15) is 0 Å². The van der Waals surface area contributed by atoms with Gasteiger partial charge in [0.25, 0.3) is 5.97 Å². The molecule has 3 aromatic rings. The van der Waals surface area contributed by atoms with Crippen LogP contribution >= 0.6 is 0 Å². The molecule has 1 aromatic heterocycles. The van der Waals surface area contributed by atoms with Gasteiger partial charge in [0.1, 0.15) is 0 Å². The van der Waals surface area contributed by atoms with Gasteiger partial charge in [0.05, 0.1) is 18.7 Å². The predicted octanol–water partition coefficient (Wildman–Crippen LogP) is 4.05. The van der Waals surface area contributed by atoms with E-state index < -0.39 is 12.1 Å². The van der Waals surface area contributed by atoms with Crippen LogP contribution in [0.5, 0.6) is 5.88 Å². The molecule has 130 valence electrons. The minimum absolute atomic E-state index is 0.496. The number of carboxylic acid groups (broad SMARTS) is 1. The van der Waals surface area contributed by atoms with Gasteiger partial charge in [0.2, 0.25) is 5.88 Å². The second-order valence-electron chi connectivity index (χ2n) is 5.56. The maximum Gasteiger partial charge on any atom is 0.300 e. The summed E-state index contributed by atoms with van der Waals surface area (Å²) in [5, 5.41) is 18.2. The zero-order chi connectivity index (χ0) is 18.4. The minimum atomic E-state index is -0.833. The van der Waals surface area contributed by atoms with Gasteiger partial charge in [0.15, 0.2) is 0 Å². The first-order valence-corrected chi connectivity index (χ1v) is 7.84. The number of aliphatic hydroxyl groups is 1. The summed E-state index contributed by atoms with van der Waals surface area (Å²) in [6.45, 7) is 2.84. The third kappa shape index (κ3) is 4.78. The van der Waals surface area contributed by atoms with E-state index in [1.807, 2.05) is 48.5 Å². The number of aliphatic hydroxyl groups excluding tert-OH is 1. The monoisotopic (exact) mass is 339 g/mol. The van der Waals surface area contributed by atoms with Crippen LogP contribution in [0.2, 0.25) is 0 Å². The number of fused-ring (bicyclic) bond motifs is 1. The smallest absolute Gasteiger partial charge is 0.300 e. The van der Waals surface area contributed by atoms with Gasteiger partial charge in [-0.15, -0.1) is 0 Å². The number of aliphatic carboxylic acids is 1. The molecule has 0 aliphatic rings. The number of rotatable bonds is 3. The number of para-hydroxylation sites is 1. The summed E-state index contributed by atoms with van der Waals surface area (Å²) in [4.78, 5) is 13.6. The summed E-state index contributed by atoms with van der Waals surface area (Å²) in [7, 11) is 1.62. The molecule has 0 aliphatic carbocycles. The molecule has 0 saturated heterocycles. The molecule has 0 radical (unpaired) electrons. The number of ether oxygens (including phenoxy) is 1. The number of nitrogens with zero attached hydrogens (tertiary/aromatic N) is 1. The fraction of sp³-hybridized carbons (Fsp3) is 0.200. The first-order chi connectivity index (χ1) is 11.9. The molecule has 0 amide bonds. The second kappa shape index (κ2) is 8.26. The molecule has 1 heterocycles. The van der Waals surface area contributed by atoms with E-state index in [0.717, 1.165) is 34.5 Å². The Labute approximate surface area is 146 Å². The molecule has 1 atom stereocenters. The summed E-state index contributed by atoms with van der Waals surface area (Å²) in [6, 6.07) is 17.8. The Balaban J connectivity index is 0.000000511. The molecule has 0 spiro atoms. The quantitative estimate of drug-likeness (QED) is 0.752. The van der Waals surface area contributed by atoms with Gasteiger partial charge in [-0.25, -0.2) is 4.98 Å². The SMILES string of the molecule is CC(=O)O.COc1nc2ccccc2cc1-c1cccc(C(C)O)c1.